The Bertz CT molecular complexity index is 467. The van der Waals surface area contributed by atoms with Gasteiger partial charge in [0, 0.05) is 18.8 Å². The topological polar surface area (TPSA) is 60.7 Å². The van der Waals surface area contributed by atoms with Gasteiger partial charge in [-0.15, -0.1) is 12.3 Å². The predicted octanol–water partition coefficient (Wildman–Crippen LogP) is 5.38. The zero-order valence-corrected chi connectivity index (χ0v) is 18.3. The lowest BCUT2D eigenvalue weighted by Crippen LogP contribution is -2.27. The Hall–Kier alpha value is -0.820. The second-order valence-electron chi connectivity index (χ2n) is 8.86. The molecule has 0 aromatic heterocycles. The highest BCUT2D eigenvalue weighted by Gasteiger charge is 2.39. The molecule has 0 saturated heterocycles. The van der Waals surface area contributed by atoms with Crippen molar-refractivity contribution in [1.29, 1.82) is 0 Å². The summed E-state index contributed by atoms with van der Waals surface area (Å²) in [4.78, 5) is 0. The third kappa shape index (κ3) is 9.12. The largest absolute Gasteiger partial charge is 0.393 e. The van der Waals surface area contributed by atoms with Gasteiger partial charge in [-0.1, -0.05) is 83.8 Å². The molecule has 1 rings (SSSR count). The second-order valence-corrected chi connectivity index (χ2v) is 8.86. The van der Waals surface area contributed by atoms with Gasteiger partial charge in [0.15, 0.2) is 0 Å². The van der Waals surface area contributed by atoms with Crippen molar-refractivity contribution >= 4 is 0 Å². The van der Waals surface area contributed by atoms with Gasteiger partial charge in [0.05, 0.1) is 17.8 Å². The van der Waals surface area contributed by atoms with Crippen LogP contribution in [0.25, 0.3) is 0 Å². The van der Waals surface area contributed by atoms with E-state index in [9.17, 15) is 15.3 Å². The number of hydrogen-bond donors (Lipinski definition) is 3. The number of hydrogen-bond acceptors (Lipinski definition) is 3. The van der Waals surface area contributed by atoms with Gasteiger partial charge in [0.1, 0.15) is 0 Å². The number of aliphatic hydroxyl groups is 3. The van der Waals surface area contributed by atoms with Gasteiger partial charge >= 0.3 is 0 Å². The first-order valence-electron chi connectivity index (χ1n) is 11.7. The van der Waals surface area contributed by atoms with Gasteiger partial charge in [-0.3, -0.25) is 0 Å². The van der Waals surface area contributed by atoms with Crippen LogP contribution in [0.2, 0.25) is 0 Å². The minimum Gasteiger partial charge on any atom is -0.393 e. The molecular weight excluding hydrogens is 348 g/mol. The van der Waals surface area contributed by atoms with E-state index in [0.717, 1.165) is 32.1 Å². The van der Waals surface area contributed by atoms with Crippen molar-refractivity contribution in [3.63, 3.8) is 0 Å². The molecule has 0 spiro atoms. The first-order valence-corrected chi connectivity index (χ1v) is 11.7. The fourth-order valence-electron chi connectivity index (χ4n) is 4.54. The Kier molecular flexibility index (Phi) is 12.8. The number of aliphatic hydroxyl groups excluding tert-OH is 2. The molecule has 0 aromatic rings. The molecule has 1 unspecified atom stereocenters. The van der Waals surface area contributed by atoms with Gasteiger partial charge in [-0.2, -0.15) is 0 Å². The van der Waals surface area contributed by atoms with Gasteiger partial charge in [0.2, 0.25) is 0 Å². The van der Waals surface area contributed by atoms with Crippen molar-refractivity contribution in [2.45, 2.75) is 122 Å². The lowest BCUT2D eigenvalue weighted by molar-refractivity contribution is 0.0364. The molecule has 0 heterocycles. The molecular formula is C25H44O3. The predicted molar refractivity (Wildman–Crippen MR) is 118 cm³/mol. The van der Waals surface area contributed by atoms with Crippen molar-refractivity contribution in [2.24, 2.45) is 11.8 Å². The smallest absolute Gasteiger partial charge is 0.0790 e. The third-order valence-electron chi connectivity index (χ3n) is 6.34. The normalized spacial score (nSPS) is 27.1. The van der Waals surface area contributed by atoms with Crippen LogP contribution < -0.4 is 0 Å². The van der Waals surface area contributed by atoms with Crippen molar-refractivity contribution < 1.29 is 15.3 Å². The van der Waals surface area contributed by atoms with E-state index in [1.165, 1.54) is 38.5 Å². The quantitative estimate of drug-likeness (QED) is 0.199. The molecule has 162 valence electrons. The molecule has 1 aliphatic rings. The van der Waals surface area contributed by atoms with Crippen LogP contribution in [0.15, 0.2) is 12.2 Å². The fraction of sp³-hybridized carbons (Fsp3) is 0.840. The van der Waals surface area contributed by atoms with Crippen LogP contribution in [-0.4, -0.2) is 33.1 Å². The van der Waals surface area contributed by atoms with Gasteiger partial charge in [-0.25, -0.2) is 0 Å². The Balaban J connectivity index is 2.57. The number of unbranched alkanes of at least 4 members (excludes halogenated alkanes) is 7. The molecule has 0 aliphatic heterocycles. The molecule has 28 heavy (non-hydrogen) atoms. The van der Waals surface area contributed by atoms with Gasteiger partial charge in [-0.05, 0) is 25.2 Å². The van der Waals surface area contributed by atoms with Crippen LogP contribution in [0, 0.1) is 24.2 Å². The molecule has 5 atom stereocenters. The average Bonchev–Trinajstić information content (AvgIpc) is 2.92. The molecule has 0 bridgehead atoms. The molecule has 1 aliphatic carbocycles. The van der Waals surface area contributed by atoms with Gasteiger partial charge < -0.3 is 15.3 Å². The Morgan fingerprint density at radius 2 is 1.61 bits per heavy atom. The molecule has 3 heteroatoms. The lowest BCUT2D eigenvalue weighted by atomic mass is 9.86. The van der Waals surface area contributed by atoms with Gasteiger partial charge in [0.25, 0.3) is 0 Å². The minimum atomic E-state index is -0.850. The summed E-state index contributed by atoms with van der Waals surface area (Å²) in [6.07, 6.45) is 22.2. The van der Waals surface area contributed by atoms with E-state index in [1.54, 1.807) is 0 Å². The first kappa shape index (κ1) is 25.2. The standard InChI is InChI=1S/C25H44O3/c1-4-7-9-11-12-15-21-22(24(27)20-23(21)26)16-14-19-25(28,17-6-3)18-13-10-8-5-2/h3,14,16,21-24,26-28H,4-5,7-13,15,17-20H2,1-2H3/t21-,22-,23+,24-,25?/m1/s1. The highest BCUT2D eigenvalue weighted by atomic mass is 16.3. The summed E-state index contributed by atoms with van der Waals surface area (Å²) in [5.41, 5.74) is -0.850. The molecule has 0 amide bonds. The van der Waals surface area contributed by atoms with E-state index in [1.807, 2.05) is 12.2 Å². The number of rotatable bonds is 15. The third-order valence-corrected chi connectivity index (χ3v) is 6.34. The van der Waals surface area contributed by atoms with Crippen molar-refractivity contribution in [3.8, 4) is 12.3 Å². The van der Waals surface area contributed by atoms with E-state index >= 15 is 0 Å². The molecule has 1 saturated carbocycles. The summed E-state index contributed by atoms with van der Waals surface area (Å²) >= 11 is 0. The second kappa shape index (κ2) is 14.2. The zero-order valence-electron chi connectivity index (χ0n) is 18.3. The van der Waals surface area contributed by atoms with Crippen molar-refractivity contribution in [2.75, 3.05) is 0 Å². The van der Waals surface area contributed by atoms with Crippen LogP contribution >= 0.6 is 0 Å². The monoisotopic (exact) mass is 392 g/mol. The molecule has 1 fully saturated rings. The summed E-state index contributed by atoms with van der Waals surface area (Å²) in [5.74, 6) is 2.73. The number of terminal acetylenes is 1. The maximum atomic E-state index is 10.9. The molecule has 3 nitrogen and oxygen atoms in total. The zero-order chi connectivity index (χ0) is 20.8. The molecule has 3 N–H and O–H groups in total. The van der Waals surface area contributed by atoms with E-state index in [0.29, 0.717) is 19.3 Å². The van der Waals surface area contributed by atoms with Crippen molar-refractivity contribution in [1.82, 2.24) is 0 Å². The summed E-state index contributed by atoms with van der Waals surface area (Å²) in [6, 6.07) is 0. The highest BCUT2D eigenvalue weighted by molar-refractivity contribution is 5.06. The SMILES string of the molecule is C#CCC(O)(CC=C[C@@H]1[C@@H](CCCCCCC)[C@@H](O)C[C@H]1O)CCCCCC. The lowest BCUT2D eigenvalue weighted by Gasteiger charge is -2.26. The summed E-state index contributed by atoms with van der Waals surface area (Å²) in [7, 11) is 0. The summed E-state index contributed by atoms with van der Waals surface area (Å²) in [6.45, 7) is 4.39. The molecule has 0 aromatic carbocycles. The fourth-order valence-corrected chi connectivity index (χ4v) is 4.54. The first-order chi connectivity index (χ1) is 13.5. The van der Waals surface area contributed by atoms with Crippen molar-refractivity contribution in [3.05, 3.63) is 12.2 Å². The average molecular weight is 393 g/mol. The van der Waals surface area contributed by atoms with E-state index in [4.69, 9.17) is 6.42 Å². The van der Waals surface area contributed by atoms with E-state index < -0.39 is 17.8 Å². The van der Waals surface area contributed by atoms with Crippen LogP contribution in [0.5, 0.6) is 0 Å². The summed E-state index contributed by atoms with van der Waals surface area (Å²) < 4.78 is 0. The van der Waals surface area contributed by atoms with Crippen LogP contribution in [0.1, 0.15) is 104 Å². The summed E-state index contributed by atoms with van der Waals surface area (Å²) in [5, 5.41) is 31.7. The minimum absolute atomic E-state index is 0.0173. The van der Waals surface area contributed by atoms with Crippen LogP contribution in [-0.2, 0) is 0 Å². The van der Waals surface area contributed by atoms with E-state index in [-0.39, 0.29) is 11.8 Å². The van der Waals surface area contributed by atoms with Crippen LogP contribution in [0.3, 0.4) is 0 Å². The Morgan fingerprint density at radius 3 is 2.25 bits per heavy atom. The van der Waals surface area contributed by atoms with Crippen LogP contribution in [0.4, 0.5) is 0 Å². The van der Waals surface area contributed by atoms with E-state index in [2.05, 4.69) is 19.8 Å². The highest BCUT2D eigenvalue weighted by Crippen LogP contribution is 2.37. The maximum absolute atomic E-state index is 10.9. The Labute approximate surface area is 173 Å². The maximum Gasteiger partial charge on any atom is 0.0790 e. The molecule has 0 radical (unpaired) electrons. The Morgan fingerprint density at radius 1 is 0.964 bits per heavy atom.